The zero-order valence-corrected chi connectivity index (χ0v) is 10.2. The van der Waals surface area contributed by atoms with Crippen LogP contribution in [0.15, 0.2) is 9.08 Å². The van der Waals surface area contributed by atoms with Gasteiger partial charge in [-0.15, -0.1) is 0 Å². The molecule has 0 atom stereocenters. The molecule has 0 saturated heterocycles. The van der Waals surface area contributed by atoms with Crippen molar-refractivity contribution in [3.05, 3.63) is 25.9 Å². The summed E-state index contributed by atoms with van der Waals surface area (Å²) in [7, 11) is 0. The van der Waals surface area contributed by atoms with Crippen LogP contribution in [0.5, 0.6) is 0 Å². The first-order valence-corrected chi connectivity index (χ1v) is 5.09. The zero-order chi connectivity index (χ0) is 10.2. The minimum absolute atomic E-state index is 0.206. The minimum Gasteiger partial charge on any atom is -0.478 e. The van der Waals surface area contributed by atoms with Crippen LogP contribution in [-0.4, -0.2) is 16.1 Å². The maximum atomic E-state index is 10.8. The van der Waals surface area contributed by atoms with Gasteiger partial charge in [0.05, 0.1) is 11.3 Å². The van der Waals surface area contributed by atoms with Gasteiger partial charge in [0, 0.05) is 4.47 Å². The summed E-state index contributed by atoms with van der Waals surface area (Å²) in [5.41, 5.74) is 1.67. The van der Waals surface area contributed by atoms with E-state index in [9.17, 15) is 4.79 Å². The van der Waals surface area contributed by atoms with Crippen LogP contribution in [0.2, 0.25) is 0 Å². The summed E-state index contributed by atoms with van der Waals surface area (Å²) in [4.78, 5) is 14.9. The van der Waals surface area contributed by atoms with E-state index in [-0.39, 0.29) is 5.56 Å². The lowest BCUT2D eigenvalue weighted by molar-refractivity contribution is 0.0694. The van der Waals surface area contributed by atoms with Gasteiger partial charge < -0.3 is 5.11 Å². The summed E-state index contributed by atoms with van der Waals surface area (Å²) in [5, 5.41) is 8.87. The number of carboxylic acids is 1. The monoisotopic (exact) mass is 307 g/mol. The molecule has 70 valence electrons. The predicted molar refractivity (Wildman–Crippen MR) is 56.1 cm³/mol. The van der Waals surface area contributed by atoms with Gasteiger partial charge in [-0.2, -0.15) is 0 Å². The van der Waals surface area contributed by atoms with Gasteiger partial charge in [0.25, 0.3) is 0 Å². The molecule has 1 aromatic rings. The van der Waals surface area contributed by atoms with E-state index in [1.165, 1.54) is 0 Å². The maximum absolute atomic E-state index is 10.8. The van der Waals surface area contributed by atoms with Gasteiger partial charge in [0.2, 0.25) is 0 Å². The number of aromatic nitrogens is 1. The first-order valence-electron chi connectivity index (χ1n) is 3.50. The molecule has 0 unspecified atom stereocenters. The largest absolute Gasteiger partial charge is 0.478 e. The average molecular weight is 309 g/mol. The van der Waals surface area contributed by atoms with Crippen molar-refractivity contribution < 1.29 is 9.90 Å². The van der Waals surface area contributed by atoms with Crippen LogP contribution < -0.4 is 0 Å². The summed E-state index contributed by atoms with van der Waals surface area (Å²) in [6.45, 7) is 3.56. The Labute approximate surface area is 92.4 Å². The maximum Gasteiger partial charge on any atom is 0.338 e. The molecule has 1 heterocycles. The molecule has 0 bridgehead atoms. The van der Waals surface area contributed by atoms with Crippen molar-refractivity contribution in [1.82, 2.24) is 4.98 Å². The van der Waals surface area contributed by atoms with E-state index in [1.807, 2.05) is 6.92 Å². The Balaban J connectivity index is 3.53. The van der Waals surface area contributed by atoms with E-state index in [4.69, 9.17) is 5.11 Å². The molecule has 0 aliphatic carbocycles. The summed E-state index contributed by atoms with van der Waals surface area (Å²) in [5.74, 6) is -0.974. The highest BCUT2D eigenvalue weighted by Gasteiger charge is 2.16. The molecule has 0 aliphatic heterocycles. The van der Waals surface area contributed by atoms with Gasteiger partial charge in [-0.25, -0.2) is 9.78 Å². The number of carboxylic acid groups (broad SMARTS) is 1. The Morgan fingerprint density at radius 1 is 1.38 bits per heavy atom. The van der Waals surface area contributed by atoms with Gasteiger partial charge in [-0.05, 0) is 51.3 Å². The van der Waals surface area contributed by atoms with E-state index in [2.05, 4.69) is 36.8 Å². The second-order valence-electron chi connectivity index (χ2n) is 2.61. The molecule has 0 aliphatic rings. The summed E-state index contributed by atoms with van der Waals surface area (Å²) < 4.78 is 1.12. The van der Waals surface area contributed by atoms with Gasteiger partial charge in [0.1, 0.15) is 4.60 Å². The lowest BCUT2D eigenvalue weighted by atomic mass is 10.1. The minimum atomic E-state index is -0.974. The Morgan fingerprint density at radius 2 is 1.92 bits per heavy atom. The fourth-order valence-electron chi connectivity index (χ4n) is 1.04. The molecule has 3 nitrogen and oxygen atoms in total. The molecule has 0 fully saturated rings. The molecule has 5 heteroatoms. The Hall–Kier alpha value is -0.420. The third-order valence-electron chi connectivity index (χ3n) is 1.71. The van der Waals surface area contributed by atoms with Crippen molar-refractivity contribution in [2.24, 2.45) is 0 Å². The Bertz CT molecular complexity index is 377. The third-order valence-corrected chi connectivity index (χ3v) is 3.45. The molecule has 0 radical (unpaired) electrons. The molecule has 0 saturated carbocycles. The van der Waals surface area contributed by atoms with Crippen molar-refractivity contribution in [1.29, 1.82) is 0 Å². The van der Waals surface area contributed by atoms with Crippen molar-refractivity contribution in [2.45, 2.75) is 13.8 Å². The third kappa shape index (κ3) is 1.91. The molecular weight excluding hydrogens is 302 g/mol. The molecule has 1 rings (SSSR count). The number of hydrogen-bond acceptors (Lipinski definition) is 2. The topological polar surface area (TPSA) is 50.2 Å². The fraction of sp³-hybridized carbons (Fsp3) is 0.250. The number of pyridine rings is 1. The highest BCUT2D eigenvalue weighted by atomic mass is 79.9. The van der Waals surface area contributed by atoms with Gasteiger partial charge in [-0.3, -0.25) is 0 Å². The molecule has 1 aromatic heterocycles. The highest BCUT2D eigenvalue weighted by molar-refractivity contribution is 9.11. The van der Waals surface area contributed by atoms with E-state index >= 15 is 0 Å². The van der Waals surface area contributed by atoms with Crippen LogP contribution in [0.3, 0.4) is 0 Å². The smallest absolute Gasteiger partial charge is 0.338 e. The van der Waals surface area contributed by atoms with Crippen molar-refractivity contribution >= 4 is 37.8 Å². The van der Waals surface area contributed by atoms with Gasteiger partial charge >= 0.3 is 5.97 Å². The van der Waals surface area contributed by atoms with Crippen molar-refractivity contribution in [3.8, 4) is 0 Å². The second kappa shape index (κ2) is 3.75. The average Bonchev–Trinajstić information content (AvgIpc) is 1.99. The van der Waals surface area contributed by atoms with Gasteiger partial charge in [0.15, 0.2) is 0 Å². The number of nitrogens with zero attached hydrogens (tertiary/aromatic N) is 1. The molecular formula is C8H7Br2NO2. The quantitative estimate of drug-likeness (QED) is 0.812. The van der Waals surface area contributed by atoms with Crippen LogP contribution in [0.4, 0.5) is 0 Å². The SMILES string of the molecule is Cc1nc(Br)c(C(=O)O)c(C)c1Br. The summed E-state index contributed by atoms with van der Waals surface area (Å²) >= 11 is 6.41. The second-order valence-corrected chi connectivity index (χ2v) is 4.15. The molecule has 0 amide bonds. The summed E-state index contributed by atoms with van der Waals surface area (Å²) in [6.07, 6.45) is 0. The number of rotatable bonds is 1. The molecule has 1 N–H and O–H groups in total. The number of aryl methyl sites for hydroxylation is 1. The van der Waals surface area contributed by atoms with Crippen LogP contribution in [0.25, 0.3) is 0 Å². The van der Waals surface area contributed by atoms with E-state index in [1.54, 1.807) is 6.92 Å². The number of halogens is 2. The first kappa shape index (κ1) is 10.7. The zero-order valence-electron chi connectivity index (χ0n) is 7.06. The predicted octanol–water partition coefficient (Wildman–Crippen LogP) is 2.92. The van der Waals surface area contributed by atoms with Crippen LogP contribution in [-0.2, 0) is 0 Å². The Kier molecular flexibility index (Phi) is 3.08. The molecule has 0 spiro atoms. The van der Waals surface area contributed by atoms with Crippen LogP contribution >= 0.6 is 31.9 Å². The van der Waals surface area contributed by atoms with E-state index in [0.717, 1.165) is 10.2 Å². The molecule has 13 heavy (non-hydrogen) atoms. The lowest BCUT2D eigenvalue weighted by Crippen LogP contribution is -2.05. The van der Waals surface area contributed by atoms with E-state index < -0.39 is 5.97 Å². The van der Waals surface area contributed by atoms with E-state index in [0.29, 0.717) is 10.2 Å². The number of carbonyl (C=O) groups is 1. The van der Waals surface area contributed by atoms with Crippen molar-refractivity contribution in [2.75, 3.05) is 0 Å². The molecule has 0 aromatic carbocycles. The van der Waals surface area contributed by atoms with Crippen molar-refractivity contribution in [3.63, 3.8) is 0 Å². The fourth-order valence-corrected chi connectivity index (χ4v) is 2.06. The summed E-state index contributed by atoms with van der Waals surface area (Å²) in [6, 6.07) is 0. The van der Waals surface area contributed by atoms with Gasteiger partial charge in [-0.1, -0.05) is 0 Å². The lowest BCUT2D eigenvalue weighted by Gasteiger charge is -2.07. The normalized spacial score (nSPS) is 10.2. The Morgan fingerprint density at radius 3 is 2.38 bits per heavy atom. The van der Waals surface area contributed by atoms with Crippen LogP contribution in [0, 0.1) is 13.8 Å². The number of hydrogen-bond donors (Lipinski definition) is 1. The number of aromatic carboxylic acids is 1. The first-order chi connectivity index (χ1) is 5.95. The standard InChI is InChI=1S/C8H7Br2NO2/c1-3-5(8(12)13)7(10)11-4(2)6(3)9/h1-2H3,(H,12,13). The highest BCUT2D eigenvalue weighted by Crippen LogP contribution is 2.27. The van der Waals surface area contributed by atoms with Crippen LogP contribution in [0.1, 0.15) is 21.6 Å².